The first-order valence-corrected chi connectivity index (χ1v) is 5.25. The summed E-state index contributed by atoms with van der Waals surface area (Å²) in [7, 11) is 0. The third kappa shape index (κ3) is 1.47. The number of aryl methyl sites for hydroxylation is 3. The van der Waals surface area contributed by atoms with E-state index >= 15 is 0 Å². The molecule has 0 aromatic heterocycles. The summed E-state index contributed by atoms with van der Waals surface area (Å²) in [5, 5.41) is 11.1. The van der Waals surface area contributed by atoms with Crippen LogP contribution in [0.2, 0.25) is 0 Å². The average molecular weight is 214 g/mol. The first-order valence-electron chi connectivity index (χ1n) is 5.25. The van der Waals surface area contributed by atoms with Crippen molar-refractivity contribution in [3.63, 3.8) is 0 Å². The van der Waals surface area contributed by atoms with Crippen LogP contribution in [0.5, 0.6) is 0 Å². The fourth-order valence-electron chi connectivity index (χ4n) is 2.17. The maximum absolute atomic E-state index is 11.2. The first kappa shape index (κ1) is 10.7. The molecule has 1 N–H and O–H groups in total. The van der Waals surface area contributed by atoms with E-state index in [4.69, 9.17) is 0 Å². The molecule has 0 spiro atoms. The lowest BCUT2D eigenvalue weighted by atomic mass is 9.93. The van der Waals surface area contributed by atoms with Gasteiger partial charge in [0, 0.05) is 0 Å². The number of hydrogen-bond donors (Lipinski definition) is 1. The summed E-state index contributed by atoms with van der Waals surface area (Å²) >= 11 is 0. The van der Waals surface area contributed by atoms with Gasteiger partial charge in [0.25, 0.3) is 0 Å². The van der Waals surface area contributed by atoms with Crippen LogP contribution < -0.4 is 0 Å². The molecule has 0 radical (unpaired) electrons. The highest BCUT2D eigenvalue weighted by molar-refractivity contribution is 6.06. The normalized spacial score (nSPS) is 10.7. The van der Waals surface area contributed by atoms with Crippen LogP contribution in [0.1, 0.15) is 27.0 Å². The minimum atomic E-state index is -0.862. The van der Waals surface area contributed by atoms with Gasteiger partial charge in [0.15, 0.2) is 0 Å². The molecule has 2 rings (SSSR count). The van der Waals surface area contributed by atoms with Crippen LogP contribution in [0.4, 0.5) is 0 Å². The van der Waals surface area contributed by atoms with E-state index in [-0.39, 0.29) is 0 Å². The molecule has 2 aromatic carbocycles. The summed E-state index contributed by atoms with van der Waals surface area (Å²) in [5.41, 5.74) is 3.71. The van der Waals surface area contributed by atoms with Crippen LogP contribution in [0.15, 0.2) is 24.3 Å². The maximum atomic E-state index is 11.2. The van der Waals surface area contributed by atoms with Gasteiger partial charge in [-0.3, -0.25) is 0 Å². The Bertz CT molecular complexity index is 583. The Kier molecular flexibility index (Phi) is 2.43. The fraction of sp³-hybridized carbons (Fsp3) is 0.214. The molecule has 2 heteroatoms. The van der Waals surface area contributed by atoms with Crippen molar-refractivity contribution >= 4 is 16.7 Å². The van der Waals surface area contributed by atoms with E-state index in [1.165, 1.54) is 0 Å². The number of carbonyl (C=O) groups is 1. The predicted octanol–water partition coefficient (Wildman–Crippen LogP) is 3.46. The van der Waals surface area contributed by atoms with E-state index in [2.05, 4.69) is 0 Å². The highest BCUT2D eigenvalue weighted by atomic mass is 16.4. The Morgan fingerprint density at radius 2 is 1.81 bits per heavy atom. The summed E-state index contributed by atoms with van der Waals surface area (Å²) in [6, 6.07) is 7.54. The van der Waals surface area contributed by atoms with Crippen molar-refractivity contribution in [1.29, 1.82) is 0 Å². The molecule has 16 heavy (non-hydrogen) atoms. The molecule has 0 saturated carbocycles. The van der Waals surface area contributed by atoms with Gasteiger partial charge in [-0.25, -0.2) is 4.79 Å². The van der Waals surface area contributed by atoms with Gasteiger partial charge in [-0.2, -0.15) is 0 Å². The summed E-state index contributed by atoms with van der Waals surface area (Å²) in [6.07, 6.45) is 0. The number of rotatable bonds is 1. The summed E-state index contributed by atoms with van der Waals surface area (Å²) in [6.45, 7) is 6.00. The van der Waals surface area contributed by atoms with Gasteiger partial charge in [-0.15, -0.1) is 0 Å². The second kappa shape index (κ2) is 3.63. The molecule has 82 valence electrons. The minimum Gasteiger partial charge on any atom is -0.478 e. The molecule has 0 aliphatic rings. The largest absolute Gasteiger partial charge is 0.478 e. The molecule has 0 bridgehead atoms. The monoisotopic (exact) mass is 214 g/mol. The van der Waals surface area contributed by atoms with E-state index in [9.17, 15) is 9.90 Å². The molecule has 2 aromatic rings. The minimum absolute atomic E-state index is 0.391. The Hall–Kier alpha value is -1.83. The Morgan fingerprint density at radius 3 is 2.44 bits per heavy atom. The van der Waals surface area contributed by atoms with Crippen molar-refractivity contribution in [2.45, 2.75) is 20.8 Å². The van der Waals surface area contributed by atoms with Crippen molar-refractivity contribution < 1.29 is 9.90 Å². The van der Waals surface area contributed by atoms with Gasteiger partial charge in [0.05, 0.1) is 5.56 Å². The SMILES string of the molecule is Cc1cc(C(=O)O)c2cccc(C)c2c1C. The lowest BCUT2D eigenvalue weighted by Crippen LogP contribution is -2.00. The van der Waals surface area contributed by atoms with Crippen LogP contribution in [-0.2, 0) is 0 Å². The van der Waals surface area contributed by atoms with E-state index in [0.29, 0.717) is 5.56 Å². The molecule has 0 atom stereocenters. The summed E-state index contributed by atoms with van der Waals surface area (Å²) in [4.78, 5) is 11.2. The number of carboxylic acid groups (broad SMARTS) is 1. The number of benzene rings is 2. The summed E-state index contributed by atoms with van der Waals surface area (Å²) in [5.74, 6) is -0.862. The van der Waals surface area contributed by atoms with Gasteiger partial charge in [0.1, 0.15) is 0 Å². The van der Waals surface area contributed by atoms with E-state index in [1.807, 2.05) is 39.0 Å². The van der Waals surface area contributed by atoms with Crippen molar-refractivity contribution in [1.82, 2.24) is 0 Å². The van der Waals surface area contributed by atoms with Crippen LogP contribution in [-0.4, -0.2) is 11.1 Å². The zero-order chi connectivity index (χ0) is 11.9. The number of aromatic carboxylic acids is 1. The highest BCUT2D eigenvalue weighted by Crippen LogP contribution is 2.28. The number of carboxylic acids is 1. The van der Waals surface area contributed by atoms with E-state index in [0.717, 1.165) is 27.5 Å². The molecule has 0 heterocycles. The molecule has 0 amide bonds. The average Bonchev–Trinajstić information content (AvgIpc) is 2.22. The van der Waals surface area contributed by atoms with Crippen LogP contribution in [0.25, 0.3) is 10.8 Å². The topological polar surface area (TPSA) is 37.3 Å². The van der Waals surface area contributed by atoms with Crippen molar-refractivity contribution in [3.05, 3.63) is 46.5 Å². The van der Waals surface area contributed by atoms with Crippen molar-refractivity contribution in [3.8, 4) is 0 Å². The Morgan fingerprint density at radius 1 is 1.12 bits per heavy atom. The third-order valence-electron chi connectivity index (χ3n) is 3.12. The zero-order valence-corrected chi connectivity index (χ0v) is 9.66. The second-order valence-electron chi connectivity index (χ2n) is 4.17. The highest BCUT2D eigenvalue weighted by Gasteiger charge is 2.12. The first-order chi connectivity index (χ1) is 7.52. The number of fused-ring (bicyclic) bond motifs is 1. The zero-order valence-electron chi connectivity index (χ0n) is 9.66. The van der Waals surface area contributed by atoms with E-state index < -0.39 is 5.97 Å². The lowest BCUT2D eigenvalue weighted by molar-refractivity contribution is 0.0699. The fourth-order valence-corrected chi connectivity index (χ4v) is 2.17. The van der Waals surface area contributed by atoms with Crippen LogP contribution >= 0.6 is 0 Å². The maximum Gasteiger partial charge on any atom is 0.336 e. The van der Waals surface area contributed by atoms with Gasteiger partial charge < -0.3 is 5.11 Å². The quantitative estimate of drug-likeness (QED) is 0.789. The van der Waals surface area contributed by atoms with Gasteiger partial charge in [0.2, 0.25) is 0 Å². The lowest BCUT2D eigenvalue weighted by Gasteiger charge is -2.11. The smallest absolute Gasteiger partial charge is 0.336 e. The second-order valence-corrected chi connectivity index (χ2v) is 4.17. The molecule has 0 saturated heterocycles. The van der Waals surface area contributed by atoms with Gasteiger partial charge >= 0.3 is 5.97 Å². The van der Waals surface area contributed by atoms with Gasteiger partial charge in [-0.1, -0.05) is 18.2 Å². The Labute approximate surface area is 94.5 Å². The molecular formula is C14H14O2. The van der Waals surface area contributed by atoms with Crippen molar-refractivity contribution in [2.24, 2.45) is 0 Å². The summed E-state index contributed by atoms with van der Waals surface area (Å²) < 4.78 is 0. The van der Waals surface area contributed by atoms with Crippen molar-refractivity contribution in [2.75, 3.05) is 0 Å². The molecule has 2 nitrogen and oxygen atoms in total. The molecule has 0 fully saturated rings. The van der Waals surface area contributed by atoms with Crippen LogP contribution in [0, 0.1) is 20.8 Å². The van der Waals surface area contributed by atoms with E-state index in [1.54, 1.807) is 6.07 Å². The molecule has 0 aliphatic heterocycles. The predicted molar refractivity (Wildman–Crippen MR) is 65.1 cm³/mol. The Balaban J connectivity index is 3.01. The third-order valence-corrected chi connectivity index (χ3v) is 3.12. The molecule has 0 aliphatic carbocycles. The van der Waals surface area contributed by atoms with Crippen LogP contribution in [0.3, 0.4) is 0 Å². The number of hydrogen-bond acceptors (Lipinski definition) is 1. The molecular weight excluding hydrogens is 200 g/mol. The standard InChI is InChI=1S/C14H14O2/c1-8-5-4-6-11-12(14(15)16)7-9(2)10(3)13(8)11/h4-7H,1-3H3,(H,15,16). The van der Waals surface area contributed by atoms with Gasteiger partial charge in [-0.05, 0) is 54.3 Å². The molecule has 0 unspecified atom stereocenters.